The molecule has 0 radical (unpaired) electrons. The molecule has 35 heavy (non-hydrogen) atoms. The van der Waals surface area contributed by atoms with E-state index in [-0.39, 0.29) is 23.2 Å². The van der Waals surface area contributed by atoms with E-state index in [4.69, 9.17) is 4.74 Å². The van der Waals surface area contributed by atoms with Crippen molar-refractivity contribution in [1.29, 1.82) is 0 Å². The molecule has 2 fully saturated rings. The van der Waals surface area contributed by atoms with Gasteiger partial charge in [0.25, 0.3) is 10.0 Å². The second kappa shape index (κ2) is 9.64. The first kappa shape index (κ1) is 25.2. The van der Waals surface area contributed by atoms with Gasteiger partial charge in [-0.25, -0.2) is 13.2 Å². The Balaban J connectivity index is 1.96. The number of carbonyl (C=O) groups excluding carboxylic acids is 2. The molecule has 1 saturated heterocycles. The number of amides is 1. The van der Waals surface area contributed by atoms with Gasteiger partial charge in [0.15, 0.2) is 6.10 Å². The normalized spacial score (nSPS) is 27.1. The van der Waals surface area contributed by atoms with Crippen molar-refractivity contribution in [2.75, 3.05) is 0 Å². The second-order valence-corrected chi connectivity index (χ2v) is 11.9. The minimum atomic E-state index is -4.41. The van der Waals surface area contributed by atoms with Gasteiger partial charge < -0.3 is 14.6 Å². The summed E-state index contributed by atoms with van der Waals surface area (Å²) in [7, 11) is -4.41. The molecule has 1 saturated carbocycles. The number of cyclic esters (lactones) is 1. The summed E-state index contributed by atoms with van der Waals surface area (Å²) in [6.07, 6.45) is 0.373. The summed E-state index contributed by atoms with van der Waals surface area (Å²) in [5.41, 5.74) is 0.254. The molecule has 4 rings (SSSR count). The zero-order valence-electron chi connectivity index (χ0n) is 20.3. The van der Waals surface area contributed by atoms with Crippen LogP contribution in [-0.2, 0) is 19.6 Å². The molecule has 2 aromatic carbocycles. The topological polar surface area (TPSA) is 104 Å². The number of ether oxygens (including phenoxy) is 1. The lowest BCUT2D eigenvalue weighted by Crippen LogP contribution is -2.64. The predicted molar refractivity (Wildman–Crippen MR) is 129 cm³/mol. The van der Waals surface area contributed by atoms with Gasteiger partial charge in [0.1, 0.15) is 5.54 Å². The van der Waals surface area contributed by atoms with Crippen LogP contribution in [0.1, 0.15) is 63.0 Å². The third-order valence-electron chi connectivity index (χ3n) is 7.36. The minimum absolute atomic E-state index is 0.0701. The van der Waals surface area contributed by atoms with Crippen molar-refractivity contribution in [1.82, 2.24) is 4.31 Å². The maximum Gasteiger partial charge on any atom is 0.425 e. The predicted octanol–water partition coefficient (Wildman–Crippen LogP) is 4.01. The Bertz CT molecular complexity index is 1180. The number of aryl methyl sites for hydroxylation is 1. The average molecular weight is 499 g/mol. The van der Waals surface area contributed by atoms with Crippen molar-refractivity contribution in [3.63, 3.8) is 0 Å². The molecule has 1 heterocycles. The van der Waals surface area contributed by atoms with Crippen molar-refractivity contribution >= 4 is 22.1 Å². The minimum Gasteiger partial charge on any atom is -0.546 e. The molecular weight excluding hydrogens is 466 g/mol. The molecule has 1 aliphatic carbocycles. The molecule has 2 aromatic rings. The highest BCUT2D eigenvalue weighted by Crippen LogP contribution is 2.54. The summed E-state index contributed by atoms with van der Waals surface area (Å²) in [6, 6.07) is 15.9. The Labute approximate surface area is 207 Å². The smallest absolute Gasteiger partial charge is 0.425 e. The maximum absolute atomic E-state index is 14.0. The van der Waals surface area contributed by atoms with Crippen molar-refractivity contribution in [2.45, 2.75) is 75.3 Å². The molecule has 1 aliphatic heterocycles. The number of hydrogen-bond donors (Lipinski definition) is 0. The lowest BCUT2D eigenvalue weighted by Gasteiger charge is -2.50. The number of rotatable bonds is 7. The van der Waals surface area contributed by atoms with E-state index in [1.165, 1.54) is 12.1 Å². The highest BCUT2D eigenvalue weighted by molar-refractivity contribution is 7.89. The zero-order chi connectivity index (χ0) is 25.4. The Morgan fingerprint density at radius 3 is 2.31 bits per heavy atom. The largest absolute Gasteiger partial charge is 0.546 e. The van der Waals surface area contributed by atoms with E-state index in [0.717, 1.165) is 34.7 Å². The van der Waals surface area contributed by atoms with E-state index in [0.29, 0.717) is 6.42 Å². The van der Waals surface area contributed by atoms with Gasteiger partial charge in [-0.1, -0.05) is 74.7 Å². The van der Waals surface area contributed by atoms with Crippen molar-refractivity contribution in [3.05, 3.63) is 65.7 Å². The molecule has 2 aliphatic rings. The summed E-state index contributed by atoms with van der Waals surface area (Å²) in [5.74, 6) is -2.26. The SMILES string of the molecule is Cc1ccc(S(=O)(=O)N2C(=O)O[C@@H](C(=O)[O-])[C@]2(CC(C)C)[C@@H]2CCCC[C@@H]2c2ccccc2)cc1. The highest BCUT2D eigenvalue weighted by Gasteiger charge is 2.65. The molecule has 8 heteroatoms. The average Bonchev–Trinajstić information content (AvgIpc) is 3.13. The third-order valence-corrected chi connectivity index (χ3v) is 9.20. The molecular formula is C27H32NO6S-. The van der Waals surface area contributed by atoms with Gasteiger partial charge in [0.2, 0.25) is 0 Å². The van der Waals surface area contributed by atoms with Gasteiger partial charge in [-0.3, -0.25) is 0 Å². The number of carboxylic acid groups (broad SMARTS) is 1. The van der Waals surface area contributed by atoms with Crippen LogP contribution >= 0.6 is 0 Å². The number of nitrogens with zero attached hydrogens (tertiary/aromatic N) is 1. The lowest BCUT2D eigenvalue weighted by molar-refractivity contribution is -0.317. The molecule has 0 aromatic heterocycles. The van der Waals surface area contributed by atoms with Crippen LogP contribution in [0.4, 0.5) is 4.79 Å². The van der Waals surface area contributed by atoms with E-state index in [2.05, 4.69) is 0 Å². The lowest BCUT2D eigenvalue weighted by atomic mass is 9.62. The Hall–Kier alpha value is -2.87. The van der Waals surface area contributed by atoms with E-state index in [1.54, 1.807) is 12.1 Å². The number of carbonyl (C=O) groups is 2. The quantitative estimate of drug-likeness (QED) is 0.571. The van der Waals surface area contributed by atoms with Gasteiger partial charge in [0, 0.05) is 0 Å². The number of hydrogen-bond acceptors (Lipinski definition) is 6. The fourth-order valence-electron chi connectivity index (χ4n) is 6.09. The molecule has 188 valence electrons. The zero-order valence-corrected chi connectivity index (χ0v) is 21.2. The summed E-state index contributed by atoms with van der Waals surface area (Å²) in [4.78, 5) is 25.7. The molecule has 1 amide bonds. The van der Waals surface area contributed by atoms with Gasteiger partial charge in [-0.05, 0) is 61.6 Å². The number of aliphatic carboxylic acids is 1. The van der Waals surface area contributed by atoms with Crippen LogP contribution in [0.3, 0.4) is 0 Å². The molecule has 0 spiro atoms. The summed E-state index contributed by atoms with van der Waals surface area (Å²) in [5, 5.41) is 12.5. The highest BCUT2D eigenvalue weighted by atomic mass is 32.2. The summed E-state index contributed by atoms with van der Waals surface area (Å²) in [6.45, 7) is 5.63. The molecule has 7 nitrogen and oxygen atoms in total. The van der Waals surface area contributed by atoms with E-state index >= 15 is 0 Å². The van der Waals surface area contributed by atoms with E-state index in [9.17, 15) is 23.1 Å². The first-order valence-corrected chi connectivity index (χ1v) is 13.6. The van der Waals surface area contributed by atoms with Crippen LogP contribution in [0.15, 0.2) is 59.5 Å². The number of benzene rings is 2. The number of sulfonamides is 1. The summed E-state index contributed by atoms with van der Waals surface area (Å²) < 4.78 is 34.2. The van der Waals surface area contributed by atoms with Crippen molar-refractivity contribution < 1.29 is 27.9 Å². The van der Waals surface area contributed by atoms with Crippen LogP contribution < -0.4 is 5.11 Å². The van der Waals surface area contributed by atoms with Gasteiger partial charge >= 0.3 is 6.09 Å². The first-order valence-electron chi connectivity index (χ1n) is 12.2. The number of carboxylic acids is 1. The summed E-state index contributed by atoms with van der Waals surface area (Å²) >= 11 is 0. The van der Waals surface area contributed by atoms with Crippen LogP contribution in [0.25, 0.3) is 0 Å². The second-order valence-electron chi connectivity index (χ2n) is 10.2. The van der Waals surface area contributed by atoms with Gasteiger partial charge in [-0.15, -0.1) is 0 Å². The van der Waals surface area contributed by atoms with Gasteiger partial charge in [0.05, 0.1) is 10.9 Å². The van der Waals surface area contributed by atoms with Crippen LogP contribution in [0.2, 0.25) is 0 Å². The Kier molecular flexibility index (Phi) is 6.95. The maximum atomic E-state index is 14.0. The van der Waals surface area contributed by atoms with Crippen LogP contribution in [0, 0.1) is 18.8 Å². The van der Waals surface area contributed by atoms with Crippen LogP contribution in [-0.4, -0.2) is 36.4 Å². The van der Waals surface area contributed by atoms with Crippen molar-refractivity contribution in [3.8, 4) is 0 Å². The van der Waals surface area contributed by atoms with Gasteiger partial charge in [-0.2, -0.15) is 4.31 Å². The van der Waals surface area contributed by atoms with Crippen molar-refractivity contribution in [2.24, 2.45) is 11.8 Å². The first-order chi connectivity index (χ1) is 16.6. The molecule has 4 atom stereocenters. The standard InChI is InChI=1S/C27H33NO6S/c1-18(2)17-27(23-12-8-7-11-22(23)20-9-5-4-6-10-20)24(25(29)30)34-26(31)28(27)35(32,33)21-15-13-19(3)14-16-21/h4-6,9-10,13-16,18,22-24H,7-8,11-12,17H2,1-3H3,(H,29,30)/p-1/t22-,23-,24+,27+/m1/s1. The Morgan fingerprint density at radius 2 is 1.71 bits per heavy atom. The molecule has 0 unspecified atom stereocenters. The fourth-order valence-corrected chi connectivity index (χ4v) is 7.77. The van der Waals surface area contributed by atoms with Crippen LogP contribution in [0.5, 0.6) is 0 Å². The van der Waals surface area contributed by atoms with E-state index in [1.807, 2.05) is 51.1 Å². The molecule has 0 N–H and O–H groups in total. The fraction of sp³-hybridized carbons (Fsp3) is 0.481. The van der Waals surface area contributed by atoms with E-state index < -0.39 is 39.6 Å². The molecule has 0 bridgehead atoms. The monoisotopic (exact) mass is 498 g/mol. The third kappa shape index (κ3) is 4.44. The Morgan fingerprint density at radius 1 is 1.09 bits per heavy atom.